The number of para-hydroxylation sites is 1. The lowest BCUT2D eigenvalue weighted by atomic mass is 10.2. The van der Waals surface area contributed by atoms with Crippen LogP contribution in [0, 0.1) is 3.57 Å². The Morgan fingerprint density at radius 1 is 1.04 bits per heavy atom. The summed E-state index contributed by atoms with van der Waals surface area (Å²) < 4.78 is 16.1. The highest BCUT2D eigenvalue weighted by Gasteiger charge is 2.14. The monoisotopic (exact) mass is 441 g/mol. The molecule has 24 heavy (non-hydrogen) atoms. The third-order valence-corrected chi connectivity index (χ3v) is 4.01. The summed E-state index contributed by atoms with van der Waals surface area (Å²) in [5, 5.41) is 2.69. The van der Waals surface area contributed by atoms with Gasteiger partial charge in [-0.1, -0.05) is 12.1 Å². The Kier molecular flexibility index (Phi) is 6.42. The summed E-state index contributed by atoms with van der Waals surface area (Å²) in [5.74, 6) is -0.124. The van der Waals surface area contributed by atoms with E-state index in [4.69, 9.17) is 14.2 Å². The zero-order valence-corrected chi connectivity index (χ0v) is 15.3. The van der Waals surface area contributed by atoms with Crippen LogP contribution in [-0.4, -0.2) is 32.7 Å². The maximum atomic E-state index is 12.1. The highest BCUT2D eigenvalue weighted by atomic mass is 127. The van der Waals surface area contributed by atoms with Crippen LogP contribution in [0.3, 0.4) is 0 Å². The van der Waals surface area contributed by atoms with Crippen molar-refractivity contribution < 1.29 is 23.8 Å². The molecule has 0 spiro atoms. The van der Waals surface area contributed by atoms with Gasteiger partial charge in [0, 0.05) is 9.64 Å². The highest BCUT2D eigenvalue weighted by molar-refractivity contribution is 14.1. The minimum absolute atomic E-state index is 0.244. The molecule has 0 aliphatic heterocycles. The van der Waals surface area contributed by atoms with Gasteiger partial charge in [0.1, 0.15) is 11.5 Å². The van der Waals surface area contributed by atoms with Gasteiger partial charge in [0.2, 0.25) is 0 Å². The van der Waals surface area contributed by atoms with Crippen LogP contribution in [-0.2, 0) is 9.53 Å². The maximum absolute atomic E-state index is 12.1. The van der Waals surface area contributed by atoms with Crippen molar-refractivity contribution in [2.45, 2.75) is 0 Å². The minimum atomic E-state index is -0.634. The molecule has 0 aliphatic rings. The number of nitrogens with one attached hydrogen (secondary N) is 1. The number of methoxy groups -OCH3 is 2. The van der Waals surface area contributed by atoms with E-state index in [0.717, 1.165) is 3.57 Å². The van der Waals surface area contributed by atoms with E-state index in [1.807, 2.05) is 18.2 Å². The van der Waals surface area contributed by atoms with Gasteiger partial charge in [-0.25, -0.2) is 4.79 Å². The first-order valence-electron chi connectivity index (χ1n) is 6.98. The molecule has 0 bridgehead atoms. The summed E-state index contributed by atoms with van der Waals surface area (Å²) in [6.45, 7) is -0.386. The van der Waals surface area contributed by atoms with Crippen LogP contribution in [0.25, 0.3) is 0 Å². The lowest BCUT2D eigenvalue weighted by Crippen LogP contribution is -2.21. The number of ether oxygens (including phenoxy) is 3. The van der Waals surface area contributed by atoms with Gasteiger partial charge in [-0.05, 0) is 46.9 Å². The number of hydrogen-bond acceptors (Lipinski definition) is 5. The molecule has 6 nitrogen and oxygen atoms in total. The molecule has 0 aromatic heterocycles. The van der Waals surface area contributed by atoms with Gasteiger partial charge in [0.05, 0.1) is 25.5 Å². The molecule has 0 fully saturated rings. The zero-order chi connectivity index (χ0) is 17.5. The molecule has 1 amide bonds. The van der Waals surface area contributed by atoms with Gasteiger partial charge in [0.15, 0.2) is 6.61 Å². The fraction of sp³-hybridized carbons (Fsp3) is 0.176. The lowest BCUT2D eigenvalue weighted by molar-refractivity contribution is -0.119. The summed E-state index contributed by atoms with van der Waals surface area (Å²) in [5.41, 5.74) is 0.912. The normalized spacial score (nSPS) is 9.96. The Balaban J connectivity index is 1.98. The van der Waals surface area contributed by atoms with Gasteiger partial charge < -0.3 is 19.5 Å². The Bertz CT molecular complexity index is 725. The summed E-state index contributed by atoms with van der Waals surface area (Å²) in [4.78, 5) is 24.0. The maximum Gasteiger partial charge on any atom is 0.338 e. The van der Waals surface area contributed by atoms with Crippen LogP contribution in [0.15, 0.2) is 42.5 Å². The van der Waals surface area contributed by atoms with Crippen LogP contribution < -0.4 is 14.8 Å². The van der Waals surface area contributed by atoms with Crippen molar-refractivity contribution >= 4 is 40.2 Å². The van der Waals surface area contributed by atoms with E-state index in [9.17, 15) is 9.59 Å². The van der Waals surface area contributed by atoms with Gasteiger partial charge in [0.25, 0.3) is 5.91 Å². The average Bonchev–Trinajstić information content (AvgIpc) is 2.61. The second-order valence-corrected chi connectivity index (χ2v) is 5.87. The van der Waals surface area contributed by atoms with Crippen molar-refractivity contribution in [1.82, 2.24) is 0 Å². The van der Waals surface area contributed by atoms with Gasteiger partial charge >= 0.3 is 5.97 Å². The van der Waals surface area contributed by atoms with E-state index in [-0.39, 0.29) is 12.2 Å². The Labute approximate surface area is 153 Å². The first-order chi connectivity index (χ1) is 11.5. The fourth-order valence-corrected chi connectivity index (χ4v) is 2.41. The summed E-state index contributed by atoms with van der Waals surface area (Å²) in [6.07, 6.45) is 0. The van der Waals surface area contributed by atoms with E-state index < -0.39 is 11.9 Å². The summed E-state index contributed by atoms with van der Waals surface area (Å²) in [7, 11) is 2.97. The summed E-state index contributed by atoms with van der Waals surface area (Å²) >= 11 is 2.11. The van der Waals surface area contributed by atoms with Crippen LogP contribution in [0.4, 0.5) is 5.69 Å². The molecule has 0 heterocycles. The second kappa shape index (κ2) is 8.53. The first kappa shape index (κ1) is 18.1. The zero-order valence-electron chi connectivity index (χ0n) is 13.2. The predicted octanol–water partition coefficient (Wildman–Crippen LogP) is 3.10. The Hall–Kier alpha value is -2.29. The van der Waals surface area contributed by atoms with Crippen molar-refractivity contribution in [2.75, 3.05) is 26.1 Å². The van der Waals surface area contributed by atoms with Gasteiger partial charge in [-0.2, -0.15) is 0 Å². The van der Waals surface area contributed by atoms with E-state index >= 15 is 0 Å². The molecule has 0 saturated heterocycles. The number of amides is 1. The Morgan fingerprint density at radius 2 is 1.67 bits per heavy atom. The molecule has 0 aliphatic carbocycles. The van der Waals surface area contributed by atoms with Gasteiger partial charge in [-0.3, -0.25) is 4.79 Å². The van der Waals surface area contributed by atoms with E-state index in [1.54, 1.807) is 12.1 Å². The molecule has 2 rings (SSSR count). The number of hydrogen-bond donors (Lipinski definition) is 1. The van der Waals surface area contributed by atoms with Crippen LogP contribution >= 0.6 is 22.6 Å². The number of carbonyl (C=O) groups is 2. The van der Waals surface area contributed by atoms with Crippen molar-refractivity contribution in [1.29, 1.82) is 0 Å². The number of halogens is 1. The molecule has 2 aromatic rings. The standard InChI is InChI=1S/C17H16INO5/c1-22-12-7-11(8-13(9-12)23-2)17(21)24-10-16(20)19-15-6-4-3-5-14(15)18/h3-9H,10H2,1-2H3,(H,19,20). The largest absolute Gasteiger partial charge is 0.497 e. The average molecular weight is 441 g/mol. The van der Waals surface area contributed by atoms with E-state index in [1.165, 1.54) is 26.4 Å². The van der Waals surface area contributed by atoms with Crippen molar-refractivity contribution in [3.63, 3.8) is 0 Å². The number of esters is 1. The first-order valence-corrected chi connectivity index (χ1v) is 8.06. The quantitative estimate of drug-likeness (QED) is 0.551. The molecule has 0 radical (unpaired) electrons. The molecule has 7 heteroatoms. The number of benzene rings is 2. The number of rotatable bonds is 6. The van der Waals surface area contributed by atoms with E-state index in [2.05, 4.69) is 27.9 Å². The number of carbonyl (C=O) groups excluding carboxylic acids is 2. The highest BCUT2D eigenvalue weighted by Crippen LogP contribution is 2.23. The van der Waals surface area contributed by atoms with Crippen LogP contribution in [0.2, 0.25) is 0 Å². The van der Waals surface area contributed by atoms with Crippen LogP contribution in [0.1, 0.15) is 10.4 Å². The SMILES string of the molecule is COc1cc(OC)cc(C(=O)OCC(=O)Nc2ccccc2I)c1. The van der Waals surface area contributed by atoms with E-state index in [0.29, 0.717) is 17.2 Å². The number of anilines is 1. The third-order valence-electron chi connectivity index (χ3n) is 3.07. The molecular weight excluding hydrogens is 425 g/mol. The van der Waals surface area contributed by atoms with Crippen molar-refractivity contribution in [3.8, 4) is 11.5 Å². The molecule has 1 N–H and O–H groups in total. The fourth-order valence-electron chi connectivity index (χ4n) is 1.89. The third kappa shape index (κ3) is 4.85. The lowest BCUT2D eigenvalue weighted by Gasteiger charge is -2.10. The predicted molar refractivity (Wildman–Crippen MR) is 97.6 cm³/mol. The second-order valence-electron chi connectivity index (χ2n) is 4.71. The summed E-state index contributed by atoms with van der Waals surface area (Å²) in [6, 6.07) is 12.0. The van der Waals surface area contributed by atoms with Crippen LogP contribution in [0.5, 0.6) is 11.5 Å². The van der Waals surface area contributed by atoms with Crippen molar-refractivity contribution in [3.05, 3.63) is 51.6 Å². The smallest absolute Gasteiger partial charge is 0.338 e. The minimum Gasteiger partial charge on any atom is -0.497 e. The van der Waals surface area contributed by atoms with Crippen molar-refractivity contribution in [2.24, 2.45) is 0 Å². The van der Waals surface area contributed by atoms with Gasteiger partial charge in [-0.15, -0.1) is 0 Å². The molecule has 0 unspecified atom stereocenters. The molecule has 0 saturated carbocycles. The topological polar surface area (TPSA) is 73.9 Å². The molecule has 126 valence electrons. The Morgan fingerprint density at radius 3 is 2.25 bits per heavy atom. The molecule has 0 atom stereocenters. The molecule has 2 aromatic carbocycles. The molecular formula is C17H16INO5.